The largest absolute Gasteiger partial charge is 0.409 e. The van der Waals surface area contributed by atoms with Crippen molar-refractivity contribution in [2.24, 2.45) is 27.5 Å². The summed E-state index contributed by atoms with van der Waals surface area (Å²) in [5.41, 5.74) is 16.9. The van der Waals surface area contributed by atoms with Crippen LogP contribution >= 0.6 is 0 Å². The summed E-state index contributed by atoms with van der Waals surface area (Å²) in [6.07, 6.45) is 2.88. The minimum absolute atomic E-state index is 0.162. The molecule has 0 aromatic heterocycles. The Morgan fingerprint density at radius 3 is 1.29 bits per heavy atom. The van der Waals surface area contributed by atoms with Crippen LogP contribution in [0.5, 0.6) is 0 Å². The van der Waals surface area contributed by atoms with E-state index >= 15 is 0 Å². The van der Waals surface area contributed by atoms with Crippen molar-refractivity contribution in [2.75, 3.05) is 39.3 Å². The van der Waals surface area contributed by atoms with Gasteiger partial charge in [-0.05, 0) is 6.42 Å². The van der Waals surface area contributed by atoms with E-state index in [2.05, 4.69) is 16.9 Å². The van der Waals surface area contributed by atoms with E-state index in [0.29, 0.717) is 83.5 Å². The minimum Gasteiger partial charge on any atom is -0.409 e. The summed E-state index contributed by atoms with van der Waals surface area (Å²) < 4.78 is 0. The van der Waals surface area contributed by atoms with Crippen molar-refractivity contribution in [1.82, 2.24) is 9.80 Å². The van der Waals surface area contributed by atoms with Gasteiger partial charge in [0.25, 0.3) is 0 Å². The van der Waals surface area contributed by atoms with E-state index in [-0.39, 0.29) is 11.7 Å². The summed E-state index contributed by atoms with van der Waals surface area (Å²) in [4.78, 5) is 3.99. The van der Waals surface area contributed by atoms with Crippen molar-refractivity contribution in [1.29, 1.82) is 15.8 Å². The number of nitriles is 3. The molecule has 0 amide bonds. The van der Waals surface area contributed by atoms with Crippen molar-refractivity contribution in [3.8, 4) is 18.2 Å². The summed E-state index contributed by atoms with van der Waals surface area (Å²) in [6, 6.07) is 6.13. The second kappa shape index (κ2) is 21.2. The molecular weight excluding hydrogens is 400 g/mol. The van der Waals surface area contributed by atoms with Gasteiger partial charge in [0.2, 0.25) is 0 Å². The Bertz CT molecular complexity index is 608. The molecule has 172 valence electrons. The highest BCUT2D eigenvalue weighted by Crippen LogP contribution is 2.00. The lowest BCUT2D eigenvalue weighted by molar-refractivity contribution is 0.282. The molecule has 12 nitrogen and oxygen atoms in total. The molecule has 0 heterocycles. The summed E-state index contributed by atoms with van der Waals surface area (Å²) in [7, 11) is 0. The van der Waals surface area contributed by atoms with Crippen LogP contribution in [0.4, 0.5) is 0 Å². The molecule has 0 aliphatic rings. The molecule has 0 bridgehead atoms. The Hall–Kier alpha value is -3.53. The number of rotatable bonds is 15. The van der Waals surface area contributed by atoms with Gasteiger partial charge in [0.1, 0.15) is 11.7 Å². The number of hydrogen-bond donors (Lipinski definition) is 5. The monoisotopic (exact) mass is 434 g/mol. The smallest absolute Gasteiger partial charge is 0.140 e. The minimum atomic E-state index is 0.162. The quantitative estimate of drug-likeness (QED) is 0.104. The van der Waals surface area contributed by atoms with Gasteiger partial charge in [-0.2, -0.15) is 15.8 Å². The van der Waals surface area contributed by atoms with Gasteiger partial charge in [-0.1, -0.05) is 16.9 Å². The predicted octanol–water partition coefficient (Wildman–Crippen LogP) is 0.453. The van der Waals surface area contributed by atoms with Gasteiger partial charge < -0.3 is 37.4 Å². The number of hydrogen-bond acceptors (Lipinski definition) is 10. The van der Waals surface area contributed by atoms with Crippen LogP contribution in [0.3, 0.4) is 0 Å². The summed E-state index contributed by atoms with van der Waals surface area (Å²) >= 11 is 0. The van der Waals surface area contributed by atoms with E-state index in [4.69, 9.17) is 43.4 Å². The molecule has 0 radical (unpaired) electrons. The first-order valence-corrected chi connectivity index (χ1v) is 9.76. The maximum atomic E-state index is 8.46. The van der Waals surface area contributed by atoms with E-state index in [1.54, 1.807) is 0 Å². The Balaban J connectivity index is 0. The van der Waals surface area contributed by atoms with E-state index < -0.39 is 0 Å². The molecule has 0 aliphatic heterocycles. The van der Waals surface area contributed by atoms with Crippen LogP contribution in [-0.4, -0.2) is 71.2 Å². The summed E-state index contributed by atoms with van der Waals surface area (Å²) in [5, 5.41) is 47.8. The van der Waals surface area contributed by atoms with Crippen molar-refractivity contribution in [2.45, 2.75) is 38.5 Å². The molecule has 0 atom stereocenters. The molecular formula is C19H34N10O2. The Kier molecular flexibility index (Phi) is 20.3. The fraction of sp³-hybridized carbons (Fsp3) is 0.632. The first-order chi connectivity index (χ1) is 14.8. The average molecular weight is 435 g/mol. The molecule has 0 spiro atoms. The topological polar surface area (TPSA) is 221 Å². The molecule has 0 saturated heterocycles. The Morgan fingerprint density at radius 1 is 0.677 bits per heavy atom. The predicted molar refractivity (Wildman–Crippen MR) is 118 cm³/mol. The molecule has 31 heavy (non-hydrogen) atoms. The van der Waals surface area contributed by atoms with Gasteiger partial charge in [0.05, 0.1) is 18.2 Å². The van der Waals surface area contributed by atoms with Crippen LogP contribution < -0.4 is 17.2 Å². The summed E-state index contributed by atoms with van der Waals surface area (Å²) in [5.74, 6) is 0.325. The Morgan fingerprint density at radius 2 is 1.00 bits per heavy atom. The van der Waals surface area contributed by atoms with Crippen LogP contribution in [-0.2, 0) is 0 Å². The zero-order valence-electron chi connectivity index (χ0n) is 17.9. The second-order valence-corrected chi connectivity index (χ2v) is 6.50. The van der Waals surface area contributed by atoms with Gasteiger partial charge in [-0.3, -0.25) is 0 Å². The molecule has 8 N–H and O–H groups in total. The van der Waals surface area contributed by atoms with Gasteiger partial charge in [-0.25, -0.2) is 0 Å². The third-order valence-corrected chi connectivity index (χ3v) is 3.99. The standard InChI is InChI=1S/C10H22N6O2.C9H12N4/c1-8(11)2-5-16(6-3-9(12)14-17)7-4-10(13)15-18;10-4-1-7-13(8-2-5-11)9-3-6-12/h17-18H,1-7,11H2,(H2,12,14)(H2,13,15);1-3,7-9H2. The van der Waals surface area contributed by atoms with Gasteiger partial charge in [0.15, 0.2) is 0 Å². The first-order valence-electron chi connectivity index (χ1n) is 9.76. The molecule has 0 rings (SSSR count). The average Bonchev–Trinajstić information content (AvgIpc) is 2.77. The fourth-order valence-corrected chi connectivity index (χ4v) is 2.24. The number of nitrogens with zero attached hydrogens (tertiary/aromatic N) is 7. The maximum Gasteiger partial charge on any atom is 0.140 e. The van der Waals surface area contributed by atoms with Crippen LogP contribution in [0.2, 0.25) is 0 Å². The van der Waals surface area contributed by atoms with Crippen LogP contribution in [0.25, 0.3) is 0 Å². The molecule has 0 unspecified atom stereocenters. The normalized spacial score (nSPS) is 11.2. The lowest BCUT2D eigenvalue weighted by atomic mass is 10.2. The van der Waals surface area contributed by atoms with Crippen LogP contribution in [0.1, 0.15) is 38.5 Å². The van der Waals surface area contributed by atoms with Crippen molar-refractivity contribution < 1.29 is 10.4 Å². The van der Waals surface area contributed by atoms with Crippen molar-refractivity contribution in [3.63, 3.8) is 0 Å². The molecule has 12 heteroatoms. The summed E-state index contributed by atoms with van der Waals surface area (Å²) in [6.45, 7) is 7.47. The molecule has 0 aromatic carbocycles. The molecule has 0 aliphatic carbocycles. The van der Waals surface area contributed by atoms with Crippen molar-refractivity contribution in [3.05, 3.63) is 12.3 Å². The van der Waals surface area contributed by atoms with Crippen LogP contribution in [0, 0.1) is 34.0 Å². The Labute approximate surface area is 184 Å². The zero-order valence-corrected chi connectivity index (χ0v) is 17.9. The van der Waals surface area contributed by atoms with E-state index in [1.165, 1.54) is 0 Å². The number of nitrogens with two attached hydrogens (primary N) is 3. The SMILES string of the molecule is C=C(N)CCN(CC/C(N)=N/O)CC/C(N)=N\O.N#CCCN(CCC#N)CCC#N. The second-order valence-electron chi connectivity index (χ2n) is 6.50. The number of oxime groups is 2. The third-order valence-electron chi connectivity index (χ3n) is 3.99. The van der Waals surface area contributed by atoms with Crippen LogP contribution in [0.15, 0.2) is 22.6 Å². The lowest BCUT2D eigenvalue weighted by Gasteiger charge is -2.21. The lowest BCUT2D eigenvalue weighted by Crippen LogP contribution is -2.33. The highest BCUT2D eigenvalue weighted by molar-refractivity contribution is 5.80. The molecule has 0 saturated carbocycles. The molecule has 0 fully saturated rings. The highest BCUT2D eigenvalue weighted by atomic mass is 16.4. The van der Waals surface area contributed by atoms with Gasteiger partial charge >= 0.3 is 0 Å². The van der Waals surface area contributed by atoms with Gasteiger partial charge in [0, 0.05) is 77.1 Å². The molecule has 0 aromatic rings. The maximum absolute atomic E-state index is 8.46. The van der Waals surface area contributed by atoms with Gasteiger partial charge in [-0.15, -0.1) is 0 Å². The number of amidine groups is 2. The van der Waals surface area contributed by atoms with Crippen molar-refractivity contribution >= 4 is 11.7 Å². The van der Waals surface area contributed by atoms with E-state index in [1.807, 2.05) is 28.0 Å². The van der Waals surface area contributed by atoms with E-state index in [0.717, 1.165) is 0 Å². The fourth-order valence-electron chi connectivity index (χ4n) is 2.24. The third kappa shape index (κ3) is 21.0. The zero-order chi connectivity index (χ0) is 23.9. The highest BCUT2D eigenvalue weighted by Gasteiger charge is 2.08. The first kappa shape index (κ1) is 29.7. The van der Waals surface area contributed by atoms with E-state index in [9.17, 15) is 0 Å².